The number of carboxylic acid groups (broad SMARTS) is 1. The zero-order valence-corrected chi connectivity index (χ0v) is 8.50. The molecule has 0 fully saturated rings. The summed E-state index contributed by atoms with van der Waals surface area (Å²) < 4.78 is 1.81. The molecule has 2 N–H and O–H groups in total. The number of hydrogen-bond acceptors (Lipinski definition) is 3. The Kier molecular flexibility index (Phi) is 2.86. The van der Waals surface area contributed by atoms with Crippen LogP contribution in [0.1, 0.15) is 16.1 Å². The zero-order valence-electron chi connectivity index (χ0n) is 8.50. The topological polar surface area (TPSA) is 67.2 Å². The van der Waals surface area contributed by atoms with Crippen LogP contribution in [0.15, 0.2) is 42.9 Å². The van der Waals surface area contributed by atoms with E-state index in [4.69, 9.17) is 5.11 Å². The van der Waals surface area contributed by atoms with Gasteiger partial charge in [-0.3, -0.25) is 9.66 Å². The fourth-order valence-electron chi connectivity index (χ4n) is 1.27. The van der Waals surface area contributed by atoms with Gasteiger partial charge >= 0.3 is 5.97 Å². The lowest BCUT2D eigenvalue weighted by Gasteiger charge is -2.06. The zero-order chi connectivity index (χ0) is 11.4. The van der Waals surface area contributed by atoms with Crippen molar-refractivity contribution >= 4 is 5.97 Å². The van der Waals surface area contributed by atoms with E-state index in [-0.39, 0.29) is 5.56 Å². The molecule has 5 heteroatoms. The third-order valence-corrected chi connectivity index (χ3v) is 2.12. The summed E-state index contributed by atoms with van der Waals surface area (Å²) in [4.78, 5) is 14.6. The van der Waals surface area contributed by atoms with E-state index < -0.39 is 5.97 Å². The van der Waals surface area contributed by atoms with Crippen LogP contribution in [0.2, 0.25) is 0 Å². The van der Waals surface area contributed by atoms with Crippen molar-refractivity contribution in [3.8, 4) is 0 Å². The minimum absolute atomic E-state index is 0.199. The molecule has 2 aromatic rings. The van der Waals surface area contributed by atoms with Gasteiger partial charge in [0.1, 0.15) is 0 Å². The minimum Gasteiger partial charge on any atom is -0.478 e. The van der Waals surface area contributed by atoms with Gasteiger partial charge in [-0.2, -0.15) is 0 Å². The second-order valence-electron chi connectivity index (χ2n) is 3.27. The molecule has 2 aromatic heterocycles. The molecule has 0 aromatic carbocycles. The molecule has 0 radical (unpaired) electrons. The maximum absolute atomic E-state index is 10.6. The first kappa shape index (κ1) is 10.2. The van der Waals surface area contributed by atoms with Crippen molar-refractivity contribution in [3.63, 3.8) is 0 Å². The standard InChI is InChI=1S/C11H11N3O2/c15-11(16)9-3-4-10(12-7-9)8-13-14-5-1-2-6-14/h1-7,13H,8H2,(H,15,16). The van der Waals surface area contributed by atoms with Gasteiger partial charge in [0.25, 0.3) is 0 Å². The quantitative estimate of drug-likeness (QED) is 0.810. The minimum atomic E-state index is -0.961. The number of pyridine rings is 1. The summed E-state index contributed by atoms with van der Waals surface area (Å²) in [5.74, 6) is -0.961. The Labute approximate surface area is 92.3 Å². The van der Waals surface area contributed by atoms with Crippen molar-refractivity contribution in [1.82, 2.24) is 9.66 Å². The van der Waals surface area contributed by atoms with Gasteiger partial charge in [-0.15, -0.1) is 0 Å². The summed E-state index contributed by atoms with van der Waals surface area (Å²) in [5, 5.41) is 8.70. The molecular formula is C11H11N3O2. The lowest BCUT2D eigenvalue weighted by molar-refractivity contribution is 0.0696. The molecule has 0 aliphatic rings. The molecule has 0 spiro atoms. The smallest absolute Gasteiger partial charge is 0.337 e. The van der Waals surface area contributed by atoms with Crippen molar-refractivity contribution in [2.45, 2.75) is 6.54 Å². The Morgan fingerprint density at radius 3 is 2.69 bits per heavy atom. The van der Waals surface area contributed by atoms with Gasteiger partial charge in [0.15, 0.2) is 0 Å². The fourth-order valence-corrected chi connectivity index (χ4v) is 1.27. The van der Waals surface area contributed by atoms with Crippen LogP contribution in [0.25, 0.3) is 0 Å². The van der Waals surface area contributed by atoms with Gasteiger partial charge in [-0.05, 0) is 24.3 Å². The largest absolute Gasteiger partial charge is 0.478 e. The molecule has 0 aliphatic carbocycles. The Hall–Kier alpha value is -2.30. The van der Waals surface area contributed by atoms with E-state index in [1.54, 1.807) is 12.1 Å². The van der Waals surface area contributed by atoms with Gasteiger partial charge in [0.05, 0.1) is 17.8 Å². The molecule has 0 atom stereocenters. The summed E-state index contributed by atoms with van der Waals surface area (Å²) in [5.41, 5.74) is 4.09. The number of carboxylic acids is 1. The van der Waals surface area contributed by atoms with E-state index in [9.17, 15) is 4.79 Å². The summed E-state index contributed by atoms with van der Waals surface area (Å²) in [6, 6.07) is 7.06. The molecule has 0 unspecified atom stereocenters. The third kappa shape index (κ3) is 2.38. The molecule has 0 aliphatic heterocycles. The first-order valence-corrected chi connectivity index (χ1v) is 4.81. The lowest BCUT2D eigenvalue weighted by Crippen LogP contribution is -2.13. The van der Waals surface area contributed by atoms with E-state index in [1.165, 1.54) is 6.20 Å². The number of aromatic carboxylic acids is 1. The maximum atomic E-state index is 10.6. The number of aromatic nitrogens is 2. The van der Waals surface area contributed by atoms with Crippen LogP contribution in [-0.4, -0.2) is 20.7 Å². The normalized spacial score (nSPS) is 10.0. The number of nitrogens with one attached hydrogen (secondary N) is 1. The molecule has 2 rings (SSSR count). The molecule has 2 heterocycles. The van der Waals surface area contributed by atoms with Gasteiger partial charge < -0.3 is 10.5 Å². The average molecular weight is 217 g/mol. The maximum Gasteiger partial charge on any atom is 0.337 e. The number of carbonyl (C=O) groups is 1. The van der Waals surface area contributed by atoms with Crippen LogP contribution in [0.4, 0.5) is 0 Å². The van der Waals surface area contributed by atoms with E-state index in [1.807, 2.05) is 29.2 Å². The van der Waals surface area contributed by atoms with Crippen LogP contribution in [0.5, 0.6) is 0 Å². The van der Waals surface area contributed by atoms with Crippen molar-refractivity contribution < 1.29 is 9.90 Å². The molecule has 0 bridgehead atoms. The highest BCUT2D eigenvalue weighted by atomic mass is 16.4. The first-order valence-electron chi connectivity index (χ1n) is 4.81. The lowest BCUT2D eigenvalue weighted by atomic mass is 10.2. The predicted molar refractivity (Wildman–Crippen MR) is 58.7 cm³/mol. The van der Waals surface area contributed by atoms with Crippen LogP contribution >= 0.6 is 0 Å². The molecule has 5 nitrogen and oxygen atoms in total. The van der Waals surface area contributed by atoms with Crippen molar-refractivity contribution in [2.75, 3.05) is 5.43 Å². The summed E-state index contributed by atoms with van der Waals surface area (Å²) in [7, 11) is 0. The summed E-state index contributed by atoms with van der Waals surface area (Å²) in [6.07, 6.45) is 5.12. The van der Waals surface area contributed by atoms with Crippen LogP contribution in [-0.2, 0) is 6.54 Å². The average Bonchev–Trinajstić information content (AvgIpc) is 2.80. The van der Waals surface area contributed by atoms with Crippen LogP contribution in [0, 0.1) is 0 Å². The second-order valence-corrected chi connectivity index (χ2v) is 3.27. The van der Waals surface area contributed by atoms with Crippen molar-refractivity contribution in [1.29, 1.82) is 0 Å². The SMILES string of the molecule is O=C(O)c1ccc(CNn2cccc2)nc1. The van der Waals surface area contributed by atoms with Gasteiger partial charge in [-0.1, -0.05) is 0 Å². The van der Waals surface area contributed by atoms with Crippen molar-refractivity contribution in [3.05, 3.63) is 54.1 Å². The third-order valence-electron chi connectivity index (χ3n) is 2.12. The van der Waals surface area contributed by atoms with E-state index >= 15 is 0 Å². The van der Waals surface area contributed by atoms with Crippen LogP contribution < -0.4 is 5.43 Å². The highest BCUT2D eigenvalue weighted by molar-refractivity contribution is 5.87. The second kappa shape index (κ2) is 4.48. The first-order chi connectivity index (χ1) is 7.75. The number of rotatable bonds is 4. The summed E-state index contributed by atoms with van der Waals surface area (Å²) in [6.45, 7) is 0.550. The number of hydrogen-bond donors (Lipinski definition) is 2. The Morgan fingerprint density at radius 1 is 1.38 bits per heavy atom. The van der Waals surface area contributed by atoms with E-state index in [0.29, 0.717) is 6.54 Å². The Bertz CT molecular complexity index is 462. The van der Waals surface area contributed by atoms with Gasteiger partial charge in [0, 0.05) is 18.6 Å². The predicted octanol–water partition coefficient (Wildman–Crippen LogP) is 1.32. The molecule has 0 saturated carbocycles. The Balaban J connectivity index is 1.98. The van der Waals surface area contributed by atoms with Crippen LogP contribution in [0.3, 0.4) is 0 Å². The molecular weight excluding hydrogens is 206 g/mol. The highest BCUT2D eigenvalue weighted by Gasteiger charge is 2.02. The summed E-state index contributed by atoms with van der Waals surface area (Å²) >= 11 is 0. The molecule has 82 valence electrons. The fraction of sp³-hybridized carbons (Fsp3) is 0.0909. The highest BCUT2D eigenvalue weighted by Crippen LogP contribution is 2.00. The van der Waals surface area contributed by atoms with Gasteiger partial charge in [0.2, 0.25) is 0 Å². The van der Waals surface area contributed by atoms with Crippen molar-refractivity contribution in [2.24, 2.45) is 0 Å². The molecule has 0 saturated heterocycles. The van der Waals surface area contributed by atoms with E-state index in [2.05, 4.69) is 10.4 Å². The van der Waals surface area contributed by atoms with E-state index in [0.717, 1.165) is 5.69 Å². The van der Waals surface area contributed by atoms with Gasteiger partial charge in [-0.25, -0.2) is 4.79 Å². The number of nitrogens with zero attached hydrogens (tertiary/aromatic N) is 2. The molecule has 0 amide bonds. The molecule has 16 heavy (non-hydrogen) atoms. The Morgan fingerprint density at radius 2 is 2.12 bits per heavy atom. The monoisotopic (exact) mass is 217 g/mol.